The van der Waals surface area contributed by atoms with Crippen molar-refractivity contribution >= 4 is 28.3 Å². The van der Waals surface area contributed by atoms with Gasteiger partial charge in [-0.2, -0.15) is 0 Å². The van der Waals surface area contributed by atoms with Crippen molar-refractivity contribution in [3.8, 4) is 0 Å². The van der Waals surface area contributed by atoms with Crippen molar-refractivity contribution in [3.63, 3.8) is 0 Å². The van der Waals surface area contributed by atoms with Gasteiger partial charge < -0.3 is 14.4 Å². The van der Waals surface area contributed by atoms with Crippen LogP contribution in [0.3, 0.4) is 0 Å². The van der Waals surface area contributed by atoms with Gasteiger partial charge in [0.2, 0.25) is 0 Å². The second-order valence-electron chi connectivity index (χ2n) is 9.12. The molecule has 2 aliphatic rings. The molecule has 0 radical (unpaired) electrons. The molecule has 1 atom stereocenters. The summed E-state index contributed by atoms with van der Waals surface area (Å²) in [5.41, 5.74) is 1.05. The fraction of sp³-hybridized carbons (Fsp3) is 0.591. The summed E-state index contributed by atoms with van der Waals surface area (Å²) in [4.78, 5) is 13.1. The van der Waals surface area contributed by atoms with Gasteiger partial charge in [-0.15, -0.1) is 0 Å². The Bertz CT molecular complexity index is 868. The van der Waals surface area contributed by atoms with Crippen LogP contribution in [0.25, 0.3) is 10.9 Å². The number of halogens is 1. The van der Waals surface area contributed by atoms with Crippen LogP contribution in [-0.2, 0) is 4.74 Å². The van der Waals surface area contributed by atoms with Gasteiger partial charge in [0.15, 0.2) is 5.78 Å². The van der Waals surface area contributed by atoms with Crippen LogP contribution < -0.4 is 0 Å². The molecule has 2 aromatic rings. The maximum Gasteiger partial charge on any atom is 0.165 e. The summed E-state index contributed by atoms with van der Waals surface area (Å²) in [5.74, 6) is 0.0592. The summed E-state index contributed by atoms with van der Waals surface area (Å²) in [5, 5.41) is 12.4. The molecule has 0 amide bonds. The molecule has 1 saturated carbocycles. The van der Waals surface area contributed by atoms with Gasteiger partial charge in [-0.1, -0.05) is 37.9 Å². The van der Waals surface area contributed by atoms with Crippen molar-refractivity contribution in [1.82, 2.24) is 4.57 Å². The van der Waals surface area contributed by atoms with Gasteiger partial charge >= 0.3 is 0 Å². The van der Waals surface area contributed by atoms with Crippen molar-refractivity contribution in [2.75, 3.05) is 13.2 Å². The van der Waals surface area contributed by atoms with E-state index in [1.54, 1.807) is 0 Å². The van der Waals surface area contributed by atoms with Gasteiger partial charge in [-0.3, -0.25) is 4.79 Å². The number of hydrogen-bond acceptors (Lipinski definition) is 3. The third-order valence-corrected chi connectivity index (χ3v) is 6.56. The lowest BCUT2D eigenvalue weighted by atomic mass is 9.68. The molecule has 0 spiro atoms. The fourth-order valence-electron chi connectivity index (χ4n) is 4.82. The van der Waals surface area contributed by atoms with Crippen LogP contribution in [-0.4, -0.2) is 34.3 Å². The highest BCUT2D eigenvalue weighted by atomic mass is 35.5. The first-order valence-electron chi connectivity index (χ1n) is 9.90. The van der Waals surface area contributed by atoms with Crippen molar-refractivity contribution in [2.24, 2.45) is 5.41 Å². The third-order valence-electron chi connectivity index (χ3n) is 6.24. The Balaban J connectivity index is 1.58. The summed E-state index contributed by atoms with van der Waals surface area (Å²) in [6, 6.07) is 6.02. The molecular formula is C22H28ClNO3. The molecular weight excluding hydrogens is 362 g/mol. The van der Waals surface area contributed by atoms with E-state index in [9.17, 15) is 9.90 Å². The van der Waals surface area contributed by atoms with Crippen LogP contribution >= 0.6 is 11.6 Å². The number of rotatable bonds is 5. The molecule has 1 N–H and O–H groups in total. The highest BCUT2D eigenvalue weighted by Crippen LogP contribution is 2.43. The summed E-state index contributed by atoms with van der Waals surface area (Å²) in [6.07, 6.45) is 6.49. The summed E-state index contributed by atoms with van der Waals surface area (Å²) < 4.78 is 7.45. The number of aliphatic hydroxyl groups is 1. The maximum absolute atomic E-state index is 13.1. The van der Waals surface area contributed by atoms with Gasteiger partial charge in [0.05, 0.1) is 35.4 Å². The van der Waals surface area contributed by atoms with E-state index in [4.69, 9.17) is 16.3 Å². The van der Waals surface area contributed by atoms with Crippen molar-refractivity contribution in [3.05, 3.63) is 35.0 Å². The molecule has 1 aliphatic carbocycles. The van der Waals surface area contributed by atoms with E-state index in [0.717, 1.165) is 36.6 Å². The van der Waals surface area contributed by atoms with Crippen LogP contribution in [0.2, 0.25) is 5.02 Å². The Labute approximate surface area is 165 Å². The minimum atomic E-state index is -0.735. The Hall–Kier alpha value is -1.36. The number of Topliss-reactive ketones (excluding diaryl/α,β-unsaturated/α-hetero) is 1. The molecule has 1 aromatic carbocycles. The van der Waals surface area contributed by atoms with E-state index < -0.39 is 5.60 Å². The van der Waals surface area contributed by atoms with Crippen molar-refractivity contribution in [2.45, 2.75) is 64.0 Å². The van der Waals surface area contributed by atoms with Crippen molar-refractivity contribution < 1.29 is 14.6 Å². The molecule has 1 unspecified atom stereocenters. The average Bonchev–Trinajstić information content (AvgIpc) is 2.91. The largest absolute Gasteiger partial charge is 0.390 e. The summed E-state index contributed by atoms with van der Waals surface area (Å²) in [7, 11) is 0. The SMILES string of the molecule is CC1(C)CCCC(O)(CCC(=O)c2cn(C3COC3)c3cccc(Cl)c23)C1. The molecule has 1 aliphatic heterocycles. The first kappa shape index (κ1) is 19.0. The molecule has 4 rings (SSSR count). The van der Waals surface area contributed by atoms with Crippen LogP contribution in [0, 0.1) is 5.41 Å². The lowest BCUT2D eigenvalue weighted by molar-refractivity contribution is -0.0449. The first-order chi connectivity index (χ1) is 12.8. The van der Waals surface area contributed by atoms with Crippen LogP contribution in [0.5, 0.6) is 0 Å². The van der Waals surface area contributed by atoms with Gasteiger partial charge in [-0.05, 0) is 43.2 Å². The summed E-state index contributed by atoms with van der Waals surface area (Å²) in [6.45, 7) is 5.73. The Morgan fingerprint density at radius 2 is 2.11 bits per heavy atom. The van der Waals surface area contributed by atoms with Crippen LogP contribution in [0.1, 0.15) is 68.8 Å². The number of benzene rings is 1. The van der Waals surface area contributed by atoms with E-state index in [1.807, 2.05) is 24.4 Å². The van der Waals surface area contributed by atoms with E-state index >= 15 is 0 Å². The topological polar surface area (TPSA) is 51.5 Å². The lowest BCUT2D eigenvalue weighted by Crippen LogP contribution is -2.39. The molecule has 2 heterocycles. The molecule has 1 aromatic heterocycles. The van der Waals surface area contributed by atoms with E-state index in [-0.39, 0.29) is 17.2 Å². The zero-order valence-electron chi connectivity index (χ0n) is 16.1. The Morgan fingerprint density at radius 3 is 2.78 bits per heavy atom. The smallest absolute Gasteiger partial charge is 0.165 e. The predicted octanol–water partition coefficient (Wildman–Crippen LogP) is 5.16. The monoisotopic (exact) mass is 389 g/mol. The number of hydrogen-bond donors (Lipinski definition) is 1. The minimum Gasteiger partial charge on any atom is -0.390 e. The number of ether oxygens (including phenoxy) is 1. The zero-order valence-corrected chi connectivity index (χ0v) is 16.9. The Morgan fingerprint density at radius 1 is 1.33 bits per heavy atom. The standard InChI is InChI=1S/C22H28ClNO3/c1-21(2)8-4-9-22(26,14-21)10-7-19(25)16-11-24(15-12-27-13-15)18-6-3-5-17(23)20(16)18/h3,5-6,11,15,26H,4,7-10,12-14H2,1-2H3. The normalized spacial score (nSPS) is 25.5. The fourth-order valence-corrected chi connectivity index (χ4v) is 5.09. The molecule has 5 heteroatoms. The second kappa shape index (κ2) is 6.91. The van der Waals surface area contributed by atoms with Gasteiger partial charge in [0.1, 0.15) is 0 Å². The van der Waals surface area contributed by atoms with Gasteiger partial charge in [0.25, 0.3) is 0 Å². The average molecular weight is 390 g/mol. The zero-order chi connectivity index (χ0) is 19.2. The number of carbonyl (C=O) groups is 1. The van der Waals surface area contributed by atoms with Gasteiger partial charge in [-0.25, -0.2) is 0 Å². The van der Waals surface area contributed by atoms with E-state index in [0.29, 0.717) is 36.6 Å². The quantitative estimate of drug-likeness (QED) is 0.718. The van der Waals surface area contributed by atoms with E-state index in [1.165, 1.54) is 0 Å². The molecule has 27 heavy (non-hydrogen) atoms. The number of ketones is 1. The number of nitrogens with zero attached hydrogens (tertiary/aromatic N) is 1. The highest BCUT2D eigenvalue weighted by molar-refractivity contribution is 6.37. The first-order valence-corrected chi connectivity index (χ1v) is 10.3. The van der Waals surface area contributed by atoms with Gasteiger partial charge in [0, 0.05) is 23.6 Å². The van der Waals surface area contributed by atoms with Crippen molar-refractivity contribution in [1.29, 1.82) is 0 Å². The Kier molecular flexibility index (Phi) is 4.86. The number of aromatic nitrogens is 1. The molecule has 146 valence electrons. The van der Waals surface area contributed by atoms with Crippen LogP contribution in [0.15, 0.2) is 24.4 Å². The second-order valence-corrected chi connectivity index (χ2v) is 9.52. The maximum atomic E-state index is 13.1. The molecule has 1 saturated heterocycles. The number of fused-ring (bicyclic) bond motifs is 1. The van der Waals surface area contributed by atoms with E-state index in [2.05, 4.69) is 18.4 Å². The molecule has 4 nitrogen and oxygen atoms in total. The predicted molar refractivity (Wildman–Crippen MR) is 108 cm³/mol. The lowest BCUT2D eigenvalue weighted by Gasteiger charge is -2.41. The molecule has 2 fully saturated rings. The number of carbonyl (C=O) groups excluding carboxylic acids is 1. The highest BCUT2D eigenvalue weighted by Gasteiger charge is 2.38. The third kappa shape index (κ3) is 3.67. The minimum absolute atomic E-state index is 0.0592. The van der Waals surface area contributed by atoms with Crippen LogP contribution in [0.4, 0.5) is 0 Å². The summed E-state index contributed by atoms with van der Waals surface area (Å²) >= 11 is 6.45. The molecule has 0 bridgehead atoms.